The standard InChI is InChI=1S/C14H18FN3O/c1-18(7-12(19)9-5-6-9)8-13-16-11-4-2-3-10(15)14(11)17-13/h2-4,9,12,19H,5-8H2,1H3,(H,16,17). The number of aliphatic hydroxyl groups excluding tert-OH is 1. The van der Waals surface area contributed by atoms with Crippen molar-refractivity contribution in [1.29, 1.82) is 0 Å². The number of imidazole rings is 1. The fraction of sp³-hybridized carbons (Fsp3) is 0.500. The minimum absolute atomic E-state index is 0.258. The molecule has 2 N–H and O–H groups in total. The summed E-state index contributed by atoms with van der Waals surface area (Å²) in [5.74, 6) is 0.891. The molecular formula is C14H18FN3O. The van der Waals surface area contributed by atoms with Crippen molar-refractivity contribution in [3.05, 3.63) is 29.8 Å². The maximum Gasteiger partial charge on any atom is 0.151 e. The van der Waals surface area contributed by atoms with Crippen LogP contribution in [0.4, 0.5) is 4.39 Å². The minimum atomic E-state index is -0.305. The third kappa shape index (κ3) is 2.77. The molecule has 0 aliphatic heterocycles. The number of benzene rings is 1. The molecule has 102 valence electrons. The van der Waals surface area contributed by atoms with Gasteiger partial charge in [-0.25, -0.2) is 9.37 Å². The number of likely N-dealkylation sites (N-methyl/N-ethyl adjacent to an activating group) is 1. The van der Waals surface area contributed by atoms with Crippen molar-refractivity contribution >= 4 is 11.0 Å². The average molecular weight is 263 g/mol. The monoisotopic (exact) mass is 263 g/mol. The van der Waals surface area contributed by atoms with Gasteiger partial charge in [-0.05, 0) is 37.9 Å². The number of rotatable bonds is 5. The number of nitrogens with zero attached hydrogens (tertiary/aromatic N) is 2. The van der Waals surface area contributed by atoms with Gasteiger partial charge in [0.2, 0.25) is 0 Å². The molecule has 1 aromatic heterocycles. The lowest BCUT2D eigenvalue weighted by Gasteiger charge is -2.19. The Hall–Kier alpha value is -1.46. The molecule has 5 heteroatoms. The number of nitrogens with one attached hydrogen (secondary N) is 1. The maximum atomic E-state index is 13.5. The lowest BCUT2D eigenvalue weighted by Crippen LogP contribution is -2.30. The number of para-hydroxylation sites is 1. The van der Waals surface area contributed by atoms with Crippen molar-refractivity contribution in [2.75, 3.05) is 13.6 Å². The van der Waals surface area contributed by atoms with Gasteiger partial charge < -0.3 is 10.1 Å². The molecule has 0 radical (unpaired) electrons. The molecule has 1 heterocycles. The largest absolute Gasteiger partial charge is 0.392 e. The number of aliphatic hydroxyl groups is 1. The molecule has 1 aliphatic carbocycles. The molecule has 1 fully saturated rings. The van der Waals surface area contributed by atoms with Gasteiger partial charge in [0.15, 0.2) is 5.82 Å². The van der Waals surface area contributed by atoms with E-state index in [1.807, 2.05) is 18.0 Å². The molecule has 4 nitrogen and oxygen atoms in total. The zero-order valence-electron chi connectivity index (χ0n) is 10.9. The highest BCUT2D eigenvalue weighted by Crippen LogP contribution is 2.32. The van der Waals surface area contributed by atoms with Gasteiger partial charge in [0.05, 0.1) is 18.2 Å². The van der Waals surface area contributed by atoms with Crippen LogP contribution in [0.1, 0.15) is 18.7 Å². The summed E-state index contributed by atoms with van der Waals surface area (Å²) in [4.78, 5) is 9.39. The quantitative estimate of drug-likeness (QED) is 0.866. The van der Waals surface area contributed by atoms with E-state index in [4.69, 9.17) is 0 Å². The predicted octanol–water partition coefficient (Wildman–Crippen LogP) is 1.90. The van der Waals surface area contributed by atoms with Gasteiger partial charge in [-0.3, -0.25) is 4.90 Å². The zero-order valence-corrected chi connectivity index (χ0v) is 10.9. The molecule has 1 atom stereocenters. The van der Waals surface area contributed by atoms with Gasteiger partial charge in [-0.15, -0.1) is 0 Å². The van der Waals surface area contributed by atoms with Crippen LogP contribution in [0, 0.1) is 11.7 Å². The Morgan fingerprint density at radius 2 is 2.32 bits per heavy atom. The summed E-state index contributed by atoms with van der Waals surface area (Å²) in [5.41, 5.74) is 1.10. The van der Waals surface area contributed by atoms with Crippen LogP contribution in [0.3, 0.4) is 0 Å². The highest BCUT2D eigenvalue weighted by Gasteiger charge is 2.30. The number of H-pyrrole nitrogens is 1. The smallest absolute Gasteiger partial charge is 0.151 e. The van der Waals surface area contributed by atoms with E-state index in [0.717, 1.165) is 18.7 Å². The van der Waals surface area contributed by atoms with Gasteiger partial charge in [0, 0.05) is 6.54 Å². The fourth-order valence-electron chi connectivity index (χ4n) is 2.39. The Kier molecular flexibility index (Phi) is 3.24. The first-order valence-corrected chi connectivity index (χ1v) is 6.63. The molecule has 0 spiro atoms. The van der Waals surface area contributed by atoms with Crippen molar-refractivity contribution in [2.24, 2.45) is 5.92 Å². The lowest BCUT2D eigenvalue weighted by atomic mass is 10.2. The number of aromatic nitrogens is 2. The number of fused-ring (bicyclic) bond motifs is 1. The summed E-state index contributed by atoms with van der Waals surface area (Å²) in [6.45, 7) is 1.21. The SMILES string of the molecule is CN(Cc1nc2c(F)cccc2[nH]1)CC(O)C1CC1. The molecule has 3 rings (SSSR count). The molecule has 0 saturated heterocycles. The topological polar surface area (TPSA) is 52.2 Å². The first kappa shape index (κ1) is 12.6. The van der Waals surface area contributed by atoms with E-state index in [9.17, 15) is 9.50 Å². The Bertz CT molecular complexity index is 579. The van der Waals surface area contributed by atoms with E-state index in [1.54, 1.807) is 6.07 Å². The fourth-order valence-corrected chi connectivity index (χ4v) is 2.39. The van der Waals surface area contributed by atoms with Crippen molar-refractivity contribution in [3.63, 3.8) is 0 Å². The van der Waals surface area contributed by atoms with Crippen LogP contribution in [0.2, 0.25) is 0 Å². The van der Waals surface area contributed by atoms with Crippen molar-refractivity contribution < 1.29 is 9.50 Å². The summed E-state index contributed by atoms with van der Waals surface area (Å²) in [6.07, 6.45) is 2.00. The second-order valence-corrected chi connectivity index (χ2v) is 5.42. The summed E-state index contributed by atoms with van der Waals surface area (Å²) in [7, 11) is 1.94. The van der Waals surface area contributed by atoms with Crippen LogP contribution in [-0.2, 0) is 6.54 Å². The molecule has 1 aliphatic rings. The van der Waals surface area contributed by atoms with Crippen LogP contribution < -0.4 is 0 Å². The predicted molar refractivity (Wildman–Crippen MR) is 71.1 cm³/mol. The van der Waals surface area contributed by atoms with E-state index >= 15 is 0 Å². The highest BCUT2D eigenvalue weighted by atomic mass is 19.1. The average Bonchev–Trinajstić information content (AvgIpc) is 3.11. The Balaban J connectivity index is 1.68. The van der Waals surface area contributed by atoms with Crippen molar-refractivity contribution in [2.45, 2.75) is 25.5 Å². The Labute approximate surface area is 111 Å². The van der Waals surface area contributed by atoms with Gasteiger partial charge in [-0.1, -0.05) is 6.07 Å². The lowest BCUT2D eigenvalue weighted by molar-refractivity contribution is 0.103. The minimum Gasteiger partial charge on any atom is -0.392 e. The second-order valence-electron chi connectivity index (χ2n) is 5.42. The van der Waals surface area contributed by atoms with Gasteiger partial charge in [-0.2, -0.15) is 0 Å². The Morgan fingerprint density at radius 3 is 3.00 bits per heavy atom. The zero-order chi connectivity index (χ0) is 13.4. The molecule has 19 heavy (non-hydrogen) atoms. The molecule has 0 bridgehead atoms. The molecule has 1 saturated carbocycles. The summed E-state index contributed by atoms with van der Waals surface area (Å²) in [6, 6.07) is 4.89. The molecule has 0 amide bonds. The van der Waals surface area contributed by atoms with Crippen LogP contribution in [0.15, 0.2) is 18.2 Å². The number of hydrogen-bond donors (Lipinski definition) is 2. The summed E-state index contributed by atoms with van der Waals surface area (Å²) < 4.78 is 13.5. The van der Waals surface area contributed by atoms with Crippen LogP contribution in [-0.4, -0.2) is 39.7 Å². The first-order valence-electron chi connectivity index (χ1n) is 6.63. The van der Waals surface area contributed by atoms with Gasteiger partial charge in [0.25, 0.3) is 0 Å². The Morgan fingerprint density at radius 1 is 1.53 bits per heavy atom. The first-order chi connectivity index (χ1) is 9.13. The van der Waals surface area contributed by atoms with E-state index in [0.29, 0.717) is 30.0 Å². The molecule has 2 aromatic rings. The summed E-state index contributed by atoms with van der Waals surface area (Å²) in [5, 5.41) is 9.89. The van der Waals surface area contributed by atoms with E-state index < -0.39 is 0 Å². The highest BCUT2D eigenvalue weighted by molar-refractivity contribution is 5.75. The van der Waals surface area contributed by atoms with Crippen LogP contribution in [0.5, 0.6) is 0 Å². The van der Waals surface area contributed by atoms with Gasteiger partial charge >= 0.3 is 0 Å². The van der Waals surface area contributed by atoms with E-state index in [-0.39, 0.29) is 11.9 Å². The normalized spacial score (nSPS) is 17.3. The second kappa shape index (κ2) is 4.90. The van der Waals surface area contributed by atoms with E-state index in [2.05, 4.69) is 9.97 Å². The van der Waals surface area contributed by atoms with Crippen molar-refractivity contribution in [3.8, 4) is 0 Å². The number of halogens is 1. The molecule has 1 unspecified atom stereocenters. The molecular weight excluding hydrogens is 245 g/mol. The maximum absolute atomic E-state index is 13.5. The third-order valence-electron chi connectivity index (χ3n) is 3.60. The van der Waals surface area contributed by atoms with Crippen LogP contribution >= 0.6 is 0 Å². The number of hydrogen-bond acceptors (Lipinski definition) is 3. The van der Waals surface area contributed by atoms with Crippen LogP contribution in [0.25, 0.3) is 11.0 Å². The van der Waals surface area contributed by atoms with Gasteiger partial charge in [0.1, 0.15) is 11.3 Å². The summed E-state index contributed by atoms with van der Waals surface area (Å²) >= 11 is 0. The van der Waals surface area contributed by atoms with Crippen molar-refractivity contribution in [1.82, 2.24) is 14.9 Å². The molecule has 1 aromatic carbocycles. The van der Waals surface area contributed by atoms with E-state index in [1.165, 1.54) is 6.07 Å². The number of aromatic amines is 1. The third-order valence-corrected chi connectivity index (χ3v) is 3.60.